The third-order valence-corrected chi connectivity index (χ3v) is 3.29. The number of benzene rings is 2. The molecule has 0 aliphatic heterocycles. The van der Waals surface area contributed by atoms with Crippen molar-refractivity contribution in [3.05, 3.63) is 57.6 Å². The first-order valence-corrected chi connectivity index (χ1v) is 6.71. The van der Waals surface area contributed by atoms with Crippen molar-refractivity contribution < 1.29 is 9.66 Å². The van der Waals surface area contributed by atoms with E-state index >= 15 is 0 Å². The highest BCUT2D eigenvalue weighted by Crippen LogP contribution is 2.31. The summed E-state index contributed by atoms with van der Waals surface area (Å²) in [5.41, 5.74) is 8.04. The van der Waals surface area contributed by atoms with Crippen LogP contribution < -0.4 is 10.5 Å². The van der Waals surface area contributed by atoms with Crippen molar-refractivity contribution in [1.29, 1.82) is 0 Å². The number of nitrogens with zero attached hydrogens (tertiary/aromatic N) is 1. The zero-order valence-corrected chi connectivity index (χ0v) is 12.3. The minimum absolute atomic E-state index is 0.0908. The molecule has 0 heterocycles. The molecule has 5 heteroatoms. The smallest absolute Gasteiger partial charge is 0.292 e. The fourth-order valence-electron chi connectivity index (χ4n) is 2.26. The summed E-state index contributed by atoms with van der Waals surface area (Å²) in [6.07, 6.45) is 0. The summed E-state index contributed by atoms with van der Waals surface area (Å²) < 4.78 is 5.71. The number of anilines is 1. The number of aryl methyl sites for hydroxylation is 1. The fraction of sp³-hybridized carbons (Fsp3) is 0.250. The van der Waals surface area contributed by atoms with Crippen LogP contribution in [0.2, 0.25) is 0 Å². The molecular weight excluding hydrogens is 268 g/mol. The van der Waals surface area contributed by atoms with Gasteiger partial charge in [-0.05, 0) is 42.2 Å². The van der Waals surface area contributed by atoms with Crippen molar-refractivity contribution >= 4 is 11.4 Å². The van der Waals surface area contributed by atoms with Crippen LogP contribution in [0, 0.1) is 17.0 Å². The average Bonchev–Trinajstić information content (AvgIpc) is 2.37. The van der Waals surface area contributed by atoms with Gasteiger partial charge in [0.1, 0.15) is 17.2 Å². The first-order valence-electron chi connectivity index (χ1n) is 6.71. The molecule has 0 spiro atoms. The monoisotopic (exact) mass is 286 g/mol. The Morgan fingerprint density at radius 1 is 1.14 bits per heavy atom. The number of nitro groups is 1. The molecule has 0 saturated heterocycles. The van der Waals surface area contributed by atoms with Gasteiger partial charge in [0.05, 0.1) is 4.92 Å². The van der Waals surface area contributed by atoms with E-state index < -0.39 is 4.92 Å². The minimum Gasteiger partial charge on any atom is -0.457 e. The van der Waals surface area contributed by atoms with E-state index in [2.05, 4.69) is 13.8 Å². The highest BCUT2D eigenvalue weighted by atomic mass is 16.6. The zero-order valence-electron chi connectivity index (χ0n) is 12.3. The van der Waals surface area contributed by atoms with E-state index in [4.69, 9.17) is 10.5 Å². The molecule has 2 rings (SSSR count). The second kappa shape index (κ2) is 5.83. The second-order valence-corrected chi connectivity index (χ2v) is 5.25. The Morgan fingerprint density at radius 3 is 2.29 bits per heavy atom. The maximum Gasteiger partial charge on any atom is 0.292 e. The van der Waals surface area contributed by atoms with Gasteiger partial charge in [0.15, 0.2) is 0 Å². The van der Waals surface area contributed by atoms with Gasteiger partial charge < -0.3 is 10.5 Å². The Bertz CT molecular complexity index is 681. The molecule has 2 aromatic rings. The minimum atomic E-state index is -0.513. The van der Waals surface area contributed by atoms with Crippen molar-refractivity contribution in [3.63, 3.8) is 0 Å². The predicted molar refractivity (Wildman–Crippen MR) is 82.9 cm³/mol. The standard InChI is InChI=1S/C16H18N2O3/c1-10(2)14-6-4-12(8-11(14)3)21-13-5-7-16(18(19)20)15(17)9-13/h4-10H,17H2,1-3H3. The molecule has 5 nitrogen and oxygen atoms in total. The first kappa shape index (κ1) is 14.8. The molecule has 2 aromatic carbocycles. The first-order chi connectivity index (χ1) is 9.88. The van der Waals surface area contributed by atoms with Crippen LogP contribution in [-0.4, -0.2) is 4.92 Å². The van der Waals surface area contributed by atoms with Gasteiger partial charge in [0.25, 0.3) is 5.69 Å². The van der Waals surface area contributed by atoms with Gasteiger partial charge in [0.2, 0.25) is 0 Å². The van der Waals surface area contributed by atoms with Gasteiger partial charge in [-0.15, -0.1) is 0 Å². The second-order valence-electron chi connectivity index (χ2n) is 5.25. The van der Waals surface area contributed by atoms with Crippen LogP contribution in [0.5, 0.6) is 11.5 Å². The lowest BCUT2D eigenvalue weighted by atomic mass is 9.98. The molecule has 21 heavy (non-hydrogen) atoms. The topological polar surface area (TPSA) is 78.4 Å². The summed E-state index contributed by atoms with van der Waals surface area (Å²) in [6, 6.07) is 10.2. The summed E-state index contributed by atoms with van der Waals surface area (Å²) in [7, 11) is 0. The van der Waals surface area contributed by atoms with Crippen LogP contribution in [0.4, 0.5) is 11.4 Å². The molecule has 0 aromatic heterocycles. The number of nitrogens with two attached hydrogens (primary N) is 1. The summed E-state index contributed by atoms with van der Waals surface area (Å²) in [5, 5.41) is 10.7. The molecule has 0 bridgehead atoms. The molecule has 0 aliphatic rings. The Hall–Kier alpha value is -2.56. The van der Waals surface area contributed by atoms with Crippen molar-refractivity contribution in [1.82, 2.24) is 0 Å². The lowest BCUT2D eigenvalue weighted by Gasteiger charge is -2.12. The summed E-state index contributed by atoms with van der Waals surface area (Å²) >= 11 is 0. The quantitative estimate of drug-likeness (QED) is 0.513. The third-order valence-electron chi connectivity index (χ3n) is 3.29. The Kier molecular flexibility index (Phi) is 4.12. The third kappa shape index (κ3) is 3.31. The summed E-state index contributed by atoms with van der Waals surface area (Å²) in [6.45, 7) is 6.31. The molecule has 0 amide bonds. The molecule has 110 valence electrons. The number of rotatable bonds is 4. The highest BCUT2D eigenvalue weighted by molar-refractivity contribution is 5.61. The normalized spacial score (nSPS) is 10.7. The van der Waals surface area contributed by atoms with Gasteiger partial charge in [-0.3, -0.25) is 10.1 Å². The SMILES string of the molecule is Cc1cc(Oc2ccc([N+](=O)[O-])c(N)c2)ccc1C(C)C. The maximum absolute atomic E-state index is 10.7. The fourth-order valence-corrected chi connectivity index (χ4v) is 2.26. The van der Waals surface area contributed by atoms with E-state index in [0.29, 0.717) is 17.4 Å². The van der Waals surface area contributed by atoms with E-state index in [1.54, 1.807) is 6.07 Å². The predicted octanol–water partition coefficient (Wildman–Crippen LogP) is 4.40. The average molecular weight is 286 g/mol. The largest absolute Gasteiger partial charge is 0.457 e. The summed E-state index contributed by atoms with van der Waals surface area (Å²) in [5.74, 6) is 1.62. The van der Waals surface area contributed by atoms with Crippen molar-refractivity contribution in [2.45, 2.75) is 26.7 Å². The Balaban J connectivity index is 2.24. The van der Waals surface area contributed by atoms with Crippen LogP contribution in [0.3, 0.4) is 0 Å². The lowest BCUT2D eigenvalue weighted by Crippen LogP contribution is -1.96. The molecule has 0 fully saturated rings. The van der Waals surface area contributed by atoms with E-state index in [1.807, 2.05) is 25.1 Å². The van der Waals surface area contributed by atoms with E-state index in [-0.39, 0.29) is 11.4 Å². The number of hydrogen-bond acceptors (Lipinski definition) is 4. The van der Waals surface area contributed by atoms with Crippen LogP contribution in [0.1, 0.15) is 30.9 Å². The van der Waals surface area contributed by atoms with Gasteiger partial charge in [0, 0.05) is 12.1 Å². The van der Waals surface area contributed by atoms with E-state index in [0.717, 1.165) is 5.56 Å². The molecule has 0 aliphatic carbocycles. The molecular formula is C16H18N2O3. The molecule has 0 saturated carbocycles. The maximum atomic E-state index is 10.7. The molecule has 0 radical (unpaired) electrons. The van der Waals surface area contributed by atoms with Gasteiger partial charge in [-0.1, -0.05) is 19.9 Å². The van der Waals surface area contributed by atoms with Crippen molar-refractivity contribution in [2.24, 2.45) is 0 Å². The number of ether oxygens (including phenoxy) is 1. The Morgan fingerprint density at radius 2 is 1.76 bits per heavy atom. The lowest BCUT2D eigenvalue weighted by molar-refractivity contribution is -0.383. The van der Waals surface area contributed by atoms with Crippen LogP contribution >= 0.6 is 0 Å². The van der Waals surface area contributed by atoms with E-state index in [9.17, 15) is 10.1 Å². The molecule has 0 unspecified atom stereocenters. The van der Waals surface area contributed by atoms with Crippen molar-refractivity contribution in [2.75, 3.05) is 5.73 Å². The van der Waals surface area contributed by atoms with Crippen molar-refractivity contribution in [3.8, 4) is 11.5 Å². The molecule has 2 N–H and O–H groups in total. The molecule has 0 atom stereocenters. The number of nitro benzene ring substituents is 1. The Labute approximate surface area is 123 Å². The van der Waals surface area contributed by atoms with Gasteiger partial charge in [-0.2, -0.15) is 0 Å². The van der Waals surface area contributed by atoms with Crippen LogP contribution in [0.15, 0.2) is 36.4 Å². The highest BCUT2D eigenvalue weighted by Gasteiger charge is 2.12. The van der Waals surface area contributed by atoms with Gasteiger partial charge in [-0.25, -0.2) is 0 Å². The van der Waals surface area contributed by atoms with Crippen LogP contribution in [-0.2, 0) is 0 Å². The van der Waals surface area contributed by atoms with Crippen LogP contribution in [0.25, 0.3) is 0 Å². The van der Waals surface area contributed by atoms with Gasteiger partial charge >= 0.3 is 0 Å². The number of nitrogen functional groups attached to an aromatic ring is 1. The summed E-state index contributed by atoms with van der Waals surface area (Å²) in [4.78, 5) is 10.2. The number of hydrogen-bond donors (Lipinski definition) is 1. The zero-order chi connectivity index (χ0) is 15.6. The van der Waals surface area contributed by atoms with E-state index in [1.165, 1.54) is 17.7 Å².